The van der Waals surface area contributed by atoms with Gasteiger partial charge in [-0.2, -0.15) is 5.10 Å². The van der Waals surface area contributed by atoms with E-state index in [1.807, 2.05) is 12.1 Å². The number of carbonyl (C=O) groups excluding carboxylic acids is 1. The SMILES string of the molecule is Cc1c(CCN2CCC3(CC2)CCN(c2ccc(=O)n(C)n2)CC3)ccc2c1COC2=O. The van der Waals surface area contributed by atoms with Gasteiger partial charge in [-0.1, -0.05) is 6.07 Å². The van der Waals surface area contributed by atoms with Crippen LogP contribution in [-0.2, 0) is 24.8 Å². The molecular formula is C25H32N4O3. The molecule has 5 rings (SSSR count). The van der Waals surface area contributed by atoms with Crippen LogP contribution in [0.2, 0.25) is 0 Å². The van der Waals surface area contributed by atoms with Gasteiger partial charge in [0.15, 0.2) is 0 Å². The number of rotatable bonds is 4. The second kappa shape index (κ2) is 8.35. The smallest absolute Gasteiger partial charge is 0.338 e. The standard InChI is InChI=1S/C25H32N4O3/c1-18-19(3-4-20-21(18)17-32-24(20)31)7-12-28-13-8-25(9-14-28)10-15-29(16-11-25)22-5-6-23(30)27(2)26-22/h3-6H,7-17H2,1-2H3. The van der Waals surface area contributed by atoms with Gasteiger partial charge in [-0.25, -0.2) is 9.48 Å². The van der Waals surface area contributed by atoms with Gasteiger partial charge in [0.1, 0.15) is 12.4 Å². The summed E-state index contributed by atoms with van der Waals surface area (Å²) in [4.78, 5) is 28.3. The number of carbonyl (C=O) groups is 1. The number of cyclic esters (lactones) is 1. The lowest BCUT2D eigenvalue weighted by atomic mass is 9.71. The Morgan fingerprint density at radius 2 is 1.72 bits per heavy atom. The molecule has 3 aliphatic heterocycles. The maximum Gasteiger partial charge on any atom is 0.338 e. The molecule has 1 aromatic carbocycles. The predicted octanol–water partition coefficient (Wildman–Crippen LogP) is 2.68. The summed E-state index contributed by atoms with van der Waals surface area (Å²) < 4.78 is 6.61. The minimum absolute atomic E-state index is 0.0634. The normalized spacial score (nSPS) is 20.4. The number of esters is 1. The predicted molar refractivity (Wildman–Crippen MR) is 123 cm³/mol. The maximum absolute atomic E-state index is 11.8. The Kier molecular flexibility index (Phi) is 5.53. The van der Waals surface area contributed by atoms with Gasteiger partial charge < -0.3 is 14.5 Å². The maximum atomic E-state index is 11.8. The number of benzene rings is 1. The van der Waals surface area contributed by atoms with Crippen molar-refractivity contribution in [2.24, 2.45) is 12.5 Å². The molecule has 2 fully saturated rings. The van der Waals surface area contributed by atoms with E-state index in [2.05, 4.69) is 27.9 Å². The van der Waals surface area contributed by atoms with Crippen LogP contribution in [0.15, 0.2) is 29.1 Å². The van der Waals surface area contributed by atoms with Gasteiger partial charge in [-0.3, -0.25) is 4.79 Å². The van der Waals surface area contributed by atoms with Gasteiger partial charge in [0, 0.05) is 38.3 Å². The highest BCUT2D eigenvalue weighted by molar-refractivity contribution is 5.93. The van der Waals surface area contributed by atoms with Crippen LogP contribution in [0.4, 0.5) is 5.82 Å². The number of hydrogen-bond acceptors (Lipinski definition) is 6. The molecule has 0 aliphatic carbocycles. The molecule has 0 N–H and O–H groups in total. The summed E-state index contributed by atoms with van der Waals surface area (Å²) in [5.74, 6) is 0.727. The summed E-state index contributed by atoms with van der Waals surface area (Å²) in [6.45, 7) is 7.95. The third-order valence-electron chi connectivity index (χ3n) is 7.99. The van der Waals surface area contributed by atoms with Crippen LogP contribution in [-0.4, -0.2) is 53.4 Å². The van der Waals surface area contributed by atoms with Crippen LogP contribution in [0.5, 0.6) is 0 Å². The number of ether oxygens (including phenoxy) is 1. The van der Waals surface area contributed by atoms with Gasteiger partial charge in [-0.05, 0) is 80.8 Å². The first-order valence-corrected chi connectivity index (χ1v) is 11.7. The Bertz CT molecular complexity index is 1080. The zero-order valence-corrected chi connectivity index (χ0v) is 19.1. The van der Waals surface area contributed by atoms with E-state index in [-0.39, 0.29) is 11.5 Å². The van der Waals surface area contributed by atoms with Crippen molar-refractivity contribution in [3.05, 3.63) is 56.9 Å². The van der Waals surface area contributed by atoms with Crippen molar-refractivity contribution < 1.29 is 9.53 Å². The Morgan fingerprint density at radius 1 is 1.00 bits per heavy atom. The molecule has 4 heterocycles. The second-order valence-corrected chi connectivity index (χ2v) is 9.68. The third-order valence-corrected chi connectivity index (χ3v) is 7.99. The average Bonchev–Trinajstić information content (AvgIpc) is 3.18. The van der Waals surface area contributed by atoms with Crippen molar-refractivity contribution in [3.63, 3.8) is 0 Å². The largest absolute Gasteiger partial charge is 0.457 e. The average molecular weight is 437 g/mol. The van der Waals surface area contributed by atoms with Gasteiger partial charge in [0.05, 0.1) is 5.56 Å². The van der Waals surface area contributed by atoms with E-state index >= 15 is 0 Å². The van der Waals surface area contributed by atoms with Gasteiger partial charge in [0.25, 0.3) is 5.56 Å². The Hall–Kier alpha value is -2.67. The molecule has 7 heteroatoms. The summed E-state index contributed by atoms with van der Waals surface area (Å²) in [7, 11) is 1.71. The van der Waals surface area contributed by atoms with Gasteiger partial charge >= 0.3 is 5.97 Å². The minimum Gasteiger partial charge on any atom is -0.457 e. The van der Waals surface area contributed by atoms with E-state index in [0.29, 0.717) is 12.0 Å². The van der Waals surface area contributed by atoms with Crippen LogP contribution in [0, 0.1) is 12.3 Å². The summed E-state index contributed by atoms with van der Waals surface area (Å²) in [6, 6.07) is 7.51. The lowest BCUT2D eigenvalue weighted by Gasteiger charge is -2.47. The van der Waals surface area contributed by atoms with Gasteiger partial charge in [0.2, 0.25) is 0 Å². The number of piperidine rings is 2. The van der Waals surface area contributed by atoms with E-state index < -0.39 is 0 Å². The number of aromatic nitrogens is 2. The van der Waals surface area contributed by atoms with E-state index in [1.165, 1.54) is 41.5 Å². The lowest BCUT2D eigenvalue weighted by molar-refractivity contribution is 0.0535. The molecule has 32 heavy (non-hydrogen) atoms. The molecule has 7 nitrogen and oxygen atoms in total. The second-order valence-electron chi connectivity index (χ2n) is 9.68. The molecule has 0 amide bonds. The number of aryl methyl sites for hydroxylation is 1. The third kappa shape index (κ3) is 3.94. The highest BCUT2D eigenvalue weighted by atomic mass is 16.5. The first-order chi connectivity index (χ1) is 15.4. The fourth-order valence-electron chi connectivity index (χ4n) is 5.57. The van der Waals surface area contributed by atoms with E-state index in [9.17, 15) is 9.59 Å². The number of nitrogens with zero attached hydrogens (tertiary/aromatic N) is 4. The Morgan fingerprint density at radius 3 is 2.44 bits per heavy atom. The molecule has 2 saturated heterocycles. The van der Waals surface area contributed by atoms with Crippen molar-refractivity contribution in [3.8, 4) is 0 Å². The molecule has 3 aliphatic rings. The van der Waals surface area contributed by atoms with Gasteiger partial charge in [-0.15, -0.1) is 0 Å². The van der Waals surface area contributed by atoms with Crippen molar-refractivity contribution in [1.29, 1.82) is 0 Å². The Labute approximate surface area is 189 Å². The van der Waals surface area contributed by atoms with Crippen LogP contribution in [0.25, 0.3) is 0 Å². The van der Waals surface area contributed by atoms with E-state index in [4.69, 9.17) is 4.74 Å². The highest BCUT2D eigenvalue weighted by Gasteiger charge is 2.37. The zero-order chi connectivity index (χ0) is 22.3. The topological polar surface area (TPSA) is 67.7 Å². The summed E-state index contributed by atoms with van der Waals surface area (Å²) in [5, 5.41) is 4.42. The number of anilines is 1. The lowest BCUT2D eigenvalue weighted by Crippen LogP contribution is -2.47. The Balaban J connectivity index is 1.13. The van der Waals surface area contributed by atoms with Crippen molar-refractivity contribution in [2.45, 2.75) is 45.6 Å². The summed E-state index contributed by atoms with van der Waals surface area (Å²) >= 11 is 0. The van der Waals surface area contributed by atoms with Crippen LogP contribution in [0.3, 0.4) is 0 Å². The molecule has 2 aromatic rings. The van der Waals surface area contributed by atoms with Crippen LogP contribution in [0.1, 0.15) is 52.7 Å². The molecule has 170 valence electrons. The van der Waals surface area contributed by atoms with Crippen molar-refractivity contribution in [1.82, 2.24) is 14.7 Å². The molecule has 0 unspecified atom stereocenters. The molecule has 0 saturated carbocycles. The fourth-order valence-corrected chi connectivity index (χ4v) is 5.57. The molecule has 0 atom stereocenters. The number of fused-ring (bicyclic) bond motifs is 1. The first-order valence-electron chi connectivity index (χ1n) is 11.7. The summed E-state index contributed by atoms with van der Waals surface area (Å²) in [6.07, 6.45) is 5.93. The molecule has 1 aromatic heterocycles. The first kappa shape index (κ1) is 21.2. The fraction of sp³-hybridized carbons (Fsp3) is 0.560. The highest BCUT2D eigenvalue weighted by Crippen LogP contribution is 2.42. The number of likely N-dealkylation sites (tertiary alicyclic amines) is 1. The summed E-state index contributed by atoms with van der Waals surface area (Å²) in [5.41, 5.74) is 4.76. The zero-order valence-electron chi connectivity index (χ0n) is 19.1. The molecule has 1 spiro atoms. The van der Waals surface area contributed by atoms with E-state index in [1.54, 1.807) is 13.1 Å². The van der Waals surface area contributed by atoms with Crippen LogP contribution < -0.4 is 10.5 Å². The number of hydrogen-bond donors (Lipinski definition) is 0. The van der Waals surface area contributed by atoms with Crippen molar-refractivity contribution in [2.75, 3.05) is 37.6 Å². The molecule has 0 bridgehead atoms. The van der Waals surface area contributed by atoms with Crippen molar-refractivity contribution >= 4 is 11.8 Å². The van der Waals surface area contributed by atoms with E-state index in [0.717, 1.165) is 56.1 Å². The molecule has 0 radical (unpaired) electrons. The molecular weight excluding hydrogens is 404 g/mol. The van der Waals surface area contributed by atoms with Crippen LogP contribution >= 0.6 is 0 Å². The monoisotopic (exact) mass is 436 g/mol. The minimum atomic E-state index is -0.186. The quantitative estimate of drug-likeness (QED) is 0.687.